The highest BCUT2D eigenvalue weighted by atomic mass is 35.5. The summed E-state index contributed by atoms with van der Waals surface area (Å²) in [7, 11) is 0. The highest BCUT2D eigenvalue weighted by Crippen LogP contribution is 2.25. The maximum Gasteiger partial charge on any atom is 0.257 e. The molecule has 158 valence electrons. The van der Waals surface area contributed by atoms with Gasteiger partial charge >= 0.3 is 0 Å². The first kappa shape index (κ1) is 21.8. The van der Waals surface area contributed by atoms with Gasteiger partial charge in [0.15, 0.2) is 11.4 Å². The molecule has 0 bridgehead atoms. The van der Waals surface area contributed by atoms with Gasteiger partial charge in [-0.05, 0) is 46.6 Å². The third-order valence-corrected chi connectivity index (χ3v) is 5.53. The van der Waals surface area contributed by atoms with E-state index >= 15 is 0 Å². The predicted molar refractivity (Wildman–Crippen MR) is 114 cm³/mol. The van der Waals surface area contributed by atoms with Gasteiger partial charge in [0.2, 0.25) is 0 Å². The molecule has 0 radical (unpaired) electrons. The molecular weight excluding hydrogens is 404 g/mol. The Balaban J connectivity index is 0.00000256. The summed E-state index contributed by atoms with van der Waals surface area (Å²) in [5.74, 6) is 0.498. The number of fused-ring (bicyclic) bond motifs is 1. The summed E-state index contributed by atoms with van der Waals surface area (Å²) in [5, 5.41) is 4.33. The zero-order valence-electron chi connectivity index (χ0n) is 17.5. The van der Waals surface area contributed by atoms with Gasteiger partial charge in [-0.2, -0.15) is 5.10 Å². The first-order chi connectivity index (χ1) is 13.8. The van der Waals surface area contributed by atoms with Crippen LogP contribution in [-0.4, -0.2) is 54.2 Å². The van der Waals surface area contributed by atoms with E-state index in [4.69, 9.17) is 0 Å². The Kier molecular flexibility index (Phi) is 6.17. The number of carbonyl (C=O) groups excluding carboxylic acids is 2. The average molecular weight is 429 g/mol. The van der Waals surface area contributed by atoms with Crippen molar-refractivity contribution in [3.63, 3.8) is 0 Å². The van der Waals surface area contributed by atoms with Crippen LogP contribution in [0, 0.1) is 33.6 Å². The van der Waals surface area contributed by atoms with Gasteiger partial charge in [-0.3, -0.25) is 9.59 Å². The number of hydrogen-bond donors (Lipinski definition) is 0. The predicted octanol–water partition coefficient (Wildman–Crippen LogP) is 2.91. The SMILES string of the molecule is Cc1cc(C)n2ncc(C(=O)C3CCN(C(=O)c4cnc(C)nc4C)CC3)c2n1.Cl. The van der Waals surface area contributed by atoms with Crippen molar-refractivity contribution in [2.45, 2.75) is 40.5 Å². The molecule has 8 nitrogen and oxygen atoms in total. The van der Waals surface area contributed by atoms with Crippen LogP contribution in [0.2, 0.25) is 0 Å². The fourth-order valence-corrected chi connectivity index (χ4v) is 3.97. The number of aryl methyl sites for hydroxylation is 4. The third-order valence-electron chi connectivity index (χ3n) is 5.53. The van der Waals surface area contributed by atoms with Crippen molar-refractivity contribution in [1.29, 1.82) is 0 Å². The van der Waals surface area contributed by atoms with Gasteiger partial charge in [0, 0.05) is 36.6 Å². The highest BCUT2D eigenvalue weighted by Gasteiger charge is 2.31. The summed E-state index contributed by atoms with van der Waals surface area (Å²) in [6.07, 6.45) is 4.45. The fraction of sp³-hybridized carbons (Fsp3) is 0.429. The zero-order valence-corrected chi connectivity index (χ0v) is 18.4. The molecule has 1 amide bonds. The molecule has 30 heavy (non-hydrogen) atoms. The number of ketones is 1. The lowest BCUT2D eigenvalue weighted by atomic mass is 9.89. The molecule has 3 aromatic rings. The quantitative estimate of drug-likeness (QED) is 0.595. The molecule has 9 heteroatoms. The highest BCUT2D eigenvalue weighted by molar-refractivity contribution is 6.03. The molecule has 3 aromatic heterocycles. The van der Waals surface area contributed by atoms with E-state index in [-0.39, 0.29) is 30.0 Å². The molecule has 0 aromatic carbocycles. The Morgan fingerprint density at radius 1 is 1.00 bits per heavy atom. The number of hydrogen-bond acceptors (Lipinski definition) is 6. The van der Waals surface area contributed by atoms with Crippen LogP contribution in [0.4, 0.5) is 0 Å². The summed E-state index contributed by atoms with van der Waals surface area (Å²) < 4.78 is 1.71. The molecule has 0 atom stereocenters. The number of rotatable bonds is 3. The van der Waals surface area contributed by atoms with E-state index in [0.717, 1.165) is 11.4 Å². The summed E-state index contributed by atoms with van der Waals surface area (Å²) in [5.41, 5.74) is 4.19. The topological polar surface area (TPSA) is 93.4 Å². The van der Waals surface area contributed by atoms with Crippen LogP contribution in [-0.2, 0) is 0 Å². The van der Waals surface area contributed by atoms with Crippen LogP contribution < -0.4 is 0 Å². The van der Waals surface area contributed by atoms with Crippen LogP contribution >= 0.6 is 12.4 Å². The van der Waals surface area contributed by atoms with Crippen LogP contribution in [0.3, 0.4) is 0 Å². The van der Waals surface area contributed by atoms with Gasteiger partial charge in [0.1, 0.15) is 5.82 Å². The van der Waals surface area contributed by atoms with Crippen molar-refractivity contribution in [2.24, 2.45) is 5.92 Å². The number of aromatic nitrogens is 5. The Labute approximate surface area is 181 Å². The van der Waals surface area contributed by atoms with Gasteiger partial charge in [0.05, 0.1) is 23.0 Å². The number of carbonyl (C=O) groups is 2. The average Bonchev–Trinajstić information content (AvgIpc) is 3.11. The van der Waals surface area contributed by atoms with Gasteiger partial charge in [-0.1, -0.05) is 0 Å². The first-order valence-electron chi connectivity index (χ1n) is 9.81. The fourth-order valence-electron chi connectivity index (χ4n) is 3.97. The zero-order chi connectivity index (χ0) is 20.7. The lowest BCUT2D eigenvalue weighted by Crippen LogP contribution is -2.40. The van der Waals surface area contributed by atoms with Gasteiger partial charge < -0.3 is 4.90 Å². The Morgan fingerprint density at radius 2 is 1.70 bits per heavy atom. The van der Waals surface area contributed by atoms with E-state index < -0.39 is 0 Å². The van der Waals surface area contributed by atoms with Crippen LogP contribution in [0.15, 0.2) is 18.5 Å². The molecule has 4 rings (SSSR count). The van der Waals surface area contributed by atoms with E-state index in [1.165, 1.54) is 0 Å². The van der Waals surface area contributed by atoms with E-state index in [9.17, 15) is 9.59 Å². The second-order valence-electron chi connectivity index (χ2n) is 7.68. The maximum absolute atomic E-state index is 13.1. The minimum Gasteiger partial charge on any atom is -0.338 e. The van der Waals surface area contributed by atoms with Crippen molar-refractivity contribution >= 4 is 29.7 Å². The lowest BCUT2D eigenvalue weighted by molar-refractivity contribution is 0.0649. The molecule has 4 heterocycles. The van der Waals surface area contributed by atoms with Crippen LogP contribution in [0.1, 0.15) is 56.5 Å². The molecule has 0 unspecified atom stereocenters. The summed E-state index contributed by atoms with van der Waals surface area (Å²) in [6.45, 7) is 8.55. The molecule has 0 aliphatic carbocycles. The minimum absolute atomic E-state index is 0. The molecule has 0 spiro atoms. The van der Waals surface area contributed by atoms with Crippen molar-refractivity contribution in [3.8, 4) is 0 Å². The number of halogens is 1. The second kappa shape index (κ2) is 8.47. The number of likely N-dealkylation sites (tertiary alicyclic amines) is 1. The smallest absolute Gasteiger partial charge is 0.257 e. The number of piperidine rings is 1. The molecular formula is C21H25ClN6O2. The molecule has 0 saturated carbocycles. The largest absolute Gasteiger partial charge is 0.338 e. The van der Waals surface area contributed by atoms with Gasteiger partial charge in [-0.25, -0.2) is 19.5 Å². The second-order valence-corrected chi connectivity index (χ2v) is 7.68. The number of nitrogens with zero attached hydrogens (tertiary/aromatic N) is 6. The van der Waals surface area contributed by atoms with Crippen molar-refractivity contribution in [1.82, 2.24) is 29.5 Å². The normalized spacial score (nSPS) is 14.6. The molecule has 0 N–H and O–H groups in total. The Morgan fingerprint density at radius 3 is 2.37 bits per heavy atom. The third kappa shape index (κ3) is 3.92. The monoisotopic (exact) mass is 428 g/mol. The summed E-state index contributed by atoms with van der Waals surface area (Å²) >= 11 is 0. The van der Waals surface area contributed by atoms with Crippen molar-refractivity contribution < 1.29 is 9.59 Å². The number of Topliss-reactive ketones (excluding diaryl/α,β-unsaturated/α-hetero) is 1. The van der Waals surface area contributed by atoms with E-state index in [0.29, 0.717) is 54.2 Å². The van der Waals surface area contributed by atoms with Crippen molar-refractivity contribution in [2.75, 3.05) is 13.1 Å². The van der Waals surface area contributed by atoms with E-state index in [1.54, 1.807) is 28.7 Å². The lowest BCUT2D eigenvalue weighted by Gasteiger charge is -2.31. The molecule has 1 fully saturated rings. The first-order valence-corrected chi connectivity index (χ1v) is 9.81. The Bertz CT molecular complexity index is 1120. The Hall–Kier alpha value is -2.87. The van der Waals surface area contributed by atoms with Crippen LogP contribution in [0.25, 0.3) is 5.65 Å². The van der Waals surface area contributed by atoms with E-state index in [1.807, 2.05) is 26.8 Å². The van der Waals surface area contributed by atoms with Gasteiger partial charge in [0.25, 0.3) is 5.91 Å². The summed E-state index contributed by atoms with van der Waals surface area (Å²) in [4.78, 5) is 40.7. The molecule has 1 saturated heterocycles. The maximum atomic E-state index is 13.1. The van der Waals surface area contributed by atoms with E-state index in [2.05, 4.69) is 20.1 Å². The minimum atomic E-state index is -0.134. The van der Waals surface area contributed by atoms with Crippen molar-refractivity contribution in [3.05, 3.63) is 52.5 Å². The number of amides is 1. The van der Waals surface area contributed by atoms with Gasteiger partial charge in [-0.15, -0.1) is 12.4 Å². The molecule has 1 aliphatic heterocycles. The van der Waals surface area contributed by atoms with Crippen LogP contribution in [0.5, 0.6) is 0 Å². The standard InChI is InChI=1S/C21H24N6O2.ClH/c1-12-9-13(2)27-20(24-12)18(11-23-27)19(28)16-5-7-26(8-6-16)21(29)17-10-22-15(4)25-14(17)3;/h9-11,16H,5-8H2,1-4H3;1H. The summed E-state index contributed by atoms with van der Waals surface area (Å²) in [6, 6.07) is 1.94. The molecule has 1 aliphatic rings.